The molecule has 3 aromatic rings. The van der Waals surface area contributed by atoms with Crippen LogP contribution in [-0.2, 0) is 6.42 Å². The molecule has 0 fully saturated rings. The summed E-state index contributed by atoms with van der Waals surface area (Å²) in [5.41, 5.74) is 3.13. The first-order chi connectivity index (χ1) is 13.6. The zero-order chi connectivity index (χ0) is 19.5. The van der Waals surface area contributed by atoms with Gasteiger partial charge >= 0.3 is 6.01 Å². The molecule has 2 heterocycles. The minimum Gasteiger partial charge on any atom is -0.489 e. The van der Waals surface area contributed by atoms with Crippen LogP contribution in [0.3, 0.4) is 0 Å². The monoisotopic (exact) mass is 376 g/mol. The summed E-state index contributed by atoms with van der Waals surface area (Å²) in [6, 6.07) is 17.5. The maximum atomic E-state index is 12.3. The van der Waals surface area contributed by atoms with Crippen LogP contribution in [-0.4, -0.2) is 28.2 Å². The molecule has 1 atom stereocenters. The van der Waals surface area contributed by atoms with E-state index in [1.807, 2.05) is 24.3 Å². The molecule has 2 aromatic carbocycles. The lowest BCUT2D eigenvalue weighted by Gasteiger charge is -2.11. The Morgan fingerprint density at radius 3 is 2.36 bits per heavy atom. The highest BCUT2D eigenvalue weighted by Gasteiger charge is 2.33. The lowest BCUT2D eigenvalue weighted by molar-refractivity contribution is 0.0726. The van der Waals surface area contributed by atoms with Gasteiger partial charge in [-0.2, -0.15) is 4.98 Å². The van der Waals surface area contributed by atoms with Crippen LogP contribution in [0.1, 0.15) is 23.7 Å². The van der Waals surface area contributed by atoms with Crippen molar-refractivity contribution < 1.29 is 14.3 Å². The largest absolute Gasteiger partial charge is 0.489 e. The van der Waals surface area contributed by atoms with Crippen molar-refractivity contribution >= 4 is 5.91 Å². The molecular formula is C22H20N2O4. The van der Waals surface area contributed by atoms with E-state index < -0.39 is 11.7 Å². The third-order valence-electron chi connectivity index (χ3n) is 4.62. The van der Waals surface area contributed by atoms with Gasteiger partial charge in [0.1, 0.15) is 12.4 Å². The van der Waals surface area contributed by atoms with Gasteiger partial charge in [-0.15, -0.1) is 0 Å². The fraction of sp³-hybridized carbons (Fsp3) is 0.227. The van der Waals surface area contributed by atoms with Gasteiger partial charge in [-0.05, 0) is 35.2 Å². The molecule has 0 radical (unpaired) electrons. The van der Waals surface area contributed by atoms with E-state index in [0.29, 0.717) is 5.75 Å². The molecule has 4 rings (SSSR count). The molecule has 0 saturated carbocycles. The third kappa shape index (κ3) is 3.67. The molecule has 0 N–H and O–H groups in total. The zero-order valence-electron chi connectivity index (χ0n) is 15.5. The van der Waals surface area contributed by atoms with E-state index in [2.05, 4.69) is 36.2 Å². The highest BCUT2D eigenvalue weighted by Crippen LogP contribution is 2.24. The number of aromatic nitrogens is 2. The second kappa shape index (κ2) is 7.68. The van der Waals surface area contributed by atoms with Gasteiger partial charge in [0.05, 0.1) is 0 Å². The normalized spacial score (nSPS) is 15.2. The highest BCUT2D eigenvalue weighted by molar-refractivity contribution is 5.86. The van der Waals surface area contributed by atoms with Gasteiger partial charge in [0.2, 0.25) is 6.10 Å². The van der Waals surface area contributed by atoms with E-state index in [0.717, 1.165) is 24.0 Å². The van der Waals surface area contributed by atoms with Gasteiger partial charge in [-0.25, -0.2) is 4.57 Å². The predicted octanol–water partition coefficient (Wildman–Crippen LogP) is 3.34. The van der Waals surface area contributed by atoms with E-state index in [4.69, 9.17) is 9.47 Å². The quantitative estimate of drug-likeness (QED) is 0.660. The van der Waals surface area contributed by atoms with Crippen molar-refractivity contribution in [1.29, 1.82) is 0 Å². The summed E-state index contributed by atoms with van der Waals surface area (Å²) in [6.07, 6.45) is 2.77. The summed E-state index contributed by atoms with van der Waals surface area (Å²) < 4.78 is 12.3. The molecule has 0 saturated heterocycles. The van der Waals surface area contributed by atoms with Crippen LogP contribution in [0.15, 0.2) is 65.6 Å². The number of nitrogens with zero attached hydrogens (tertiary/aromatic N) is 2. The summed E-state index contributed by atoms with van der Waals surface area (Å²) in [7, 11) is 0. The average Bonchev–Trinajstić information content (AvgIpc) is 3.02. The first kappa shape index (κ1) is 18.0. The Kier molecular flexibility index (Phi) is 4.93. The van der Waals surface area contributed by atoms with Gasteiger partial charge in [0.15, 0.2) is 0 Å². The van der Waals surface area contributed by atoms with Gasteiger partial charge in [-0.3, -0.25) is 9.59 Å². The lowest BCUT2D eigenvalue weighted by Crippen LogP contribution is -2.30. The lowest BCUT2D eigenvalue weighted by atomic mass is 10.0. The number of ether oxygens (including phenoxy) is 2. The number of carbonyl (C=O) groups is 1. The first-order valence-electron chi connectivity index (χ1n) is 9.27. The molecule has 28 heavy (non-hydrogen) atoms. The van der Waals surface area contributed by atoms with E-state index in [-0.39, 0.29) is 18.5 Å². The first-order valence-corrected chi connectivity index (χ1v) is 9.27. The van der Waals surface area contributed by atoms with Gasteiger partial charge in [0, 0.05) is 12.3 Å². The fourth-order valence-corrected chi connectivity index (χ4v) is 3.14. The molecule has 6 heteroatoms. The number of carbonyl (C=O) groups excluding carboxylic acids is 1. The number of benzene rings is 2. The number of aryl methyl sites for hydroxylation is 1. The molecule has 6 nitrogen and oxygen atoms in total. The van der Waals surface area contributed by atoms with Gasteiger partial charge in [-0.1, -0.05) is 49.7 Å². The van der Waals surface area contributed by atoms with E-state index in [9.17, 15) is 9.59 Å². The topological polar surface area (TPSA) is 70.4 Å². The molecule has 0 bridgehead atoms. The van der Waals surface area contributed by atoms with Crippen LogP contribution in [0.2, 0.25) is 0 Å². The summed E-state index contributed by atoms with van der Waals surface area (Å²) in [4.78, 5) is 27.2. The second-order valence-corrected chi connectivity index (χ2v) is 6.65. The molecular weight excluding hydrogens is 356 g/mol. The standard InChI is InChI=1S/C22H20N2O4/c1-2-3-15-4-6-16(7-5-15)17-8-10-18(11-9-17)27-14-19-21(26)24-13-12-20(25)23-22(24)28-19/h4-13,19H,2-3,14H2,1H3/t19-/m0/s1. The minimum atomic E-state index is -0.819. The van der Waals surface area contributed by atoms with Crippen molar-refractivity contribution in [2.75, 3.05) is 6.61 Å². The Labute approximate surface area is 162 Å². The van der Waals surface area contributed by atoms with Crippen LogP contribution in [0.25, 0.3) is 11.1 Å². The third-order valence-corrected chi connectivity index (χ3v) is 4.62. The van der Waals surface area contributed by atoms with E-state index in [1.165, 1.54) is 22.4 Å². The van der Waals surface area contributed by atoms with Gasteiger partial charge < -0.3 is 9.47 Å². The summed E-state index contributed by atoms with van der Waals surface area (Å²) >= 11 is 0. The van der Waals surface area contributed by atoms with Crippen molar-refractivity contribution in [2.24, 2.45) is 0 Å². The zero-order valence-corrected chi connectivity index (χ0v) is 15.5. The van der Waals surface area contributed by atoms with Crippen molar-refractivity contribution in [1.82, 2.24) is 9.55 Å². The molecule has 0 spiro atoms. The Morgan fingerprint density at radius 2 is 1.68 bits per heavy atom. The molecule has 142 valence electrons. The number of rotatable bonds is 6. The maximum Gasteiger partial charge on any atom is 0.307 e. The van der Waals surface area contributed by atoms with E-state index >= 15 is 0 Å². The minimum absolute atomic E-state index is 0.00738. The molecule has 0 amide bonds. The summed E-state index contributed by atoms with van der Waals surface area (Å²) in [5.74, 6) is 0.340. The van der Waals surface area contributed by atoms with Gasteiger partial charge in [0.25, 0.3) is 11.5 Å². The van der Waals surface area contributed by atoms with Crippen molar-refractivity contribution in [3.8, 4) is 22.9 Å². The van der Waals surface area contributed by atoms with Crippen LogP contribution in [0.4, 0.5) is 0 Å². The Balaban J connectivity index is 1.39. The molecule has 0 aliphatic carbocycles. The smallest absolute Gasteiger partial charge is 0.307 e. The molecule has 1 aliphatic heterocycles. The Hall–Kier alpha value is -3.41. The molecule has 0 unspecified atom stereocenters. The molecule has 1 aliphatic rings. The van der Waals surface area contributed by atoms with Crippen LogP contribution < -0.4 is 15.0 Å². The summed E-state index contributed by atoms with van der Waals surface area (Å²) in [6.45, 7) is 2.22. The molecule has 1 aromatic heterocycles. The van der Waals surface area contributed by atoms with Crippen molar-refractivity contribution in [2.45, 2.75) is 25.9 Å². The highest BCUT2D eigenvalue weighted by atomic mass is 16.6. The van der Waals surface area contributed by atoms with Crippen LogP contribution >= 0.6 is 0 Å². The van der Waals surface area contributed by atoms with E-state index in [1.54, 1.807) is 0 Å². The van der Waals surface area contributed by atoms with Crippen LogP contribution in [0, 0.1) is 0 Å². The Morgan fingerprint density at radius 1 is 1.00 bits per heavy atom. The number of hydrogen-bond acceptors (Lipinski definition) is 5. The SMILES string of the molecule is CCCc1ccc(-c2ccc(OC[C@@H]3Oc4nc(=O)ccn4C3=O)cc2)cc1. The van der Waals surface area contributed by atoms with Crippen molar-refractivity contribution in [3.05, 3.63) is 76.7 Å². The number of fused-ring (bicyclic) bond motifs is 1. The van der Waals surface area contributed by atoms with Crippen molar-refractivity contribution in [3.63, 3.8) is 0 Å². The number of hydrogen-bond donors (Lipinski definition) is 0. The summed E-state index contributed by atoms with van der Waals surface area (Å²) in [5, 5.41) is 0. The fourth-order valence-electron chi connectivity index (χ4n) is 3.14. The average molecular weight is 376 g/mol. The predicted molar refractivity (Wildman–Crippen MR) is 105 cm³/mol. The second-order valence-electron chi connectivity index (χ2n) is 6.65. The Bertz CT molecular complexity index is 1040. The van der Waals surface area contributed by atoms with Crippen LogP contribution in [0.5, 0.6) is 11.8 Å². The maximum absolute atomic E-state index is 12.3.